The van der Waals surface area contributed by atoms with Gasteiger partial charge in [0.1, 0.15) is 5.82 Å². The van der Waals surface area contributed by atoms with Crippen molar-refractivity contribution in [1.82, 2.24) is 9.97 Å². The summed E-state index contributed by atoms with van der Waals surface area (Å²) in [4.78, 5) is 8.94. The molecule has 0 spiro atoms. The van der Waals surface area contributed by atoms with E-state index in [4.69, 9.17) is 11.6 Å². The number of nitrogens with zero attached hydrogens (tertiary/aromatic N) is 2. The molecule has 2 N–H and O–H groups in total. The molecule has 1 heterocycles. The second kappa shape index (κ2) is 7.99. The summed E-state index contributed by atoms with van der Waals surface area (Å²) >= 11 is 5.99. The van der Waals surface area contributed by atoms with Crippen molar-refractivity contribution < 1.29 is 0 Å². The van der Waals surface area contributed by atoms with Crippen molar-refractivity contribution in [1.29, 1.82) is 0 Å². The van der Waals surface area contributed by atoms with E-state index >= 15 is 0 Å². The van der Waals surface area contributed by atoms with E-state index in [1.807, 2.05) is 31.2 Å². The van der Waals surface area contributed by atoms with Gasteiger partial charge >= 0.3 is 0 Å². The summed E-state index contributed by atoms with van der Waals surface area (Å²) < 4.78 is 0. The number of aryl methyl sites for hydroxylation is 1. The molecule has 0 aliphatic rings. The van der Waals surface area contributed by atoms with Gasteiger partial charge in [-0.1, -0.05) is 30.7 Å². The molecule has 4 nitrogen and oxygen atoms in total. The van der Waals surface area contributed by atoms with Crippen molar-refractivity contribution in [3.8, 4) is 0 Å². The first-order valence-electron chi connectivity index (χ1n) is 7.67. The first kappa shape index (κ1) is 16.6. The first-order chi connectivity index (χ1) is 10.6. The molecule has 0 fully saturated rings. The lowest BCUT2D eigenvalue weighted by Gasteiger charge is -2.14. The van der Waals surface area contributed by atoms with E-state index in [0.29, 0.717) is 12.0 Å². The number of nitrogens with one attached hydrogen (secondary N) is 2. The second-order valence-electron chi connectivity index (χ2n) is 5.48. The van der Waals surface area contributed by atoms with Gasteiger partial charge in [-0.25, -0.2) is 4.98 Å². The van der Waals surface area contributed by atoms with E-state index in [2.05, 4.69) is 40.5 Å². The van der Waals surface area contributed by atoms with Gasteiger partial charge in [0.25, 0.3) is 0 Å². The maximum Gasteiger partial charge on any atom is 0.224 e. The summed E-state index contributed by atoms with van der Waals surface area (Å²) in [6.45, 7) is 7.04. The van der Waals surface area contributed by atoms with Crippen LogP contribution in [0, 0.1) is 6.92 Å². The normalized spacial score (nSPS) is 12.0. The minimum Gasteiger partial charge on any atom is -0.367 e. The van der Waals surface area contributed by atoms with E-state index < -0.39 is 0 Å². The van der Waals surface area contributed by atoms with Gasteiger partial charge in [-0.3, -0.25) is 0 Å². The third-order valence-corrected chi connectivity index (χ3v) is 3.68. The fourth-order valence-electron chi connectivity index (χ4n) is 2.09. The smallest absolute Gasteiger partial charge is 0.224 e. The molecule has 2 rings (SSSR count). The van der Waals surface area contributed by atoms with Crippen LogP contribution in [0.15, 0.2) is 30.3 Å². The van der Waals surface area contributed by atoms with Gasteiger partial charge in [-0.2, -0.15) is 4.98 Å². The van der Waals surface area contributed by atoms with E-state index in [1.165, 1.54) is 5.56 Å². The molecule has 22 heavy (non-hydrogen) atoms. The van der Waals surface area contributed by atoms with Crippen molar-refractivity contribution in [2.75, 3.05) is 17.2 Å². The third kappa shape index (κ3) is 5.19. The minimum atomic E-state index is 0.397. The summed E-state index contributed by atoms with van der Waals surface area (Å²) in [6.07, 6.45) is 1.94. The Hall–Kier alpha value is -1.81. The highest BCUT2D eigenvalue weighted by Crippen LogP contribution is 2.13. The van der Waals surface area contributed by atoms with Crippen molar-refractivity contribution >= 4 is 23.4 Å². The molecule has 1 aromatic carbocycles. The quantitative estimate of drug-likeness (QED) is 0.799. The Morgan fingerprint density at radius 3 is 2.77 bits per heavy atom. The molecule has 0 aliphatic carbocycles. The summed E-state index contributed by atoms with van der Waals surface area (Å²) in [5.41, 5.74) is 2.15. The lowest BCUT2D eigenvalue weighted by Crippen LogP contribution is -2.16. The zero-order valence-electron chi connectivity index (χ0n) is 13.4. The summed E-state index contributed by atoms with van der Waals surface area (Å²) in [5, 5.41) is 7.43. The van der Waals surface area contributed by atoms with Crippen LogP contribution in [0.25, 0.3) is 0 Å². The molecule has 0 saturated heterocycles. The first-order valence-corrected chi connectivity index (χ1v) is 8.05. The van der Waals surface area contributed by atoms with Gasteiger partial charge in [0.15, 0.2) is 0 Å². The van der Waals surface area contributed by atoms with Crippen LogP contribution in [0.4, 0.5) is 11.8 Å². The number of benzene rings is 1. The van der Waals surface area contributed by atoms with Crippen molar-refractivity contribution in [2.45, 2.75) is 39.7 Å². The highest BCUT2D eigenvalue weighted by atomic mass is 35.5. The lowest BCUT2D eigenvalue weighted by molar-refractivity contribution is 0.758. The molecule has 1 atom stereocenters. The van der Waals surface area contributed by atoms with Crippen LogP contribution < -0.4 is 10.6 Å². The van der Waals surface area contributed by atoms with Gasteiger partial charge in [0.05, 0.1) is 0 Å². The highest BCUT2D eigenvalue weighted by molar-refractivity contribution is 6.30. The van der Waals surface area contributed by atoms with E-state index in [0.717, 1.165) is 35.9 Å². The molecule has 1 aromatic heterocycles. The van der Waals surface area contributed by atoms with Crippen LogP contribution in [0.5, 0.6) is 0 Å². The molecule has 0 aliphatic heterocycles. The largest absolute Gasteiger partial charge is 0.367 e. The standard InChI is InChI=1S/C17H23ClN4/c1-4-12(2)20-16-10-13(3)21-17(22-16)19-9-8-14-6-5-7-15(18)11-14/h5-7,10-12H,4,8-9H2,1-3H3,(H2,19,20,21,22). The molecule has 2 aromatic rings. The zero-order valence-corrected chi connectivity index (χ0v) is 14.1. The average molecular weight is 319 g/mol. The maximum atomic E-state index is 5.99. The van der Waals surface area contributed by atoms with Gasteiger partial charge in [0, 0.05) is 29.4 Å². The Morgan fingerprint density at radius 1 is 1.23 bits per heavy atom. The van der Waals surface area contributed by atoms with E-state index in [1.54, 1.807) is 0 Å². The Balaban J connectivity index is 1.94. The van der Waals surface area contributed by atoms with Crippen LogP contribution in [0.2, 0.25) is 5.02 Å². The van der Waals surface area contributed by atoms with Crippen LogP contribution in [0.1, 0.15) is 31.5 Å². The number of anilines is 2. The predicted octanol–water partition coefficient (Wildman–Crippen LogP) is 4.30. The van der Waals surface area contributed by atoms with Crippen LogP contribution in [-0.4, -0.2) is 22.6 Å². The zero-order chi connectivity index (χ0) is 15.9. The fourth-order valence-corrected chi connectivity index (χ4v) is 2.30. The highest BCUT2D eigenvalue weighted by Gasteiger charge is 2.05. The summed E-state index contributed by atoms with van der Waals surface area (Å²) in [6, 6.07) is 10.3. The van der Waals surface area contributed by atoms with E-state index in [9.17, 15) is 0 Å². The number of halogens is 1. The van der Waals surface area contributed by atoms with Crippen LogP contribution >= 0.6 is 11.6 Å². The molecular weight excluding hydrogens is 296 g/mol. The van der Waals surface area contributed by atoms with Gasteiger partial charge in [0.2, 0.25) is 5.95 Å². The number of hydrogen-bond donors (Lipinski definition) is 2. The van der Waals surface area contributed by atoms with Crippen molar-refractivity contribution in [3.63, 3.8) is 0 Å². The Bertz CT molecular complexity index is 615. The molecule has 5 heteroatoms. The fraction of sp³-hybridized carbons (Fsp3) is 0.412. The van der Waals surface area contributed by atoms with Gasteiger partial charge < -0.3 is 10.6 Å². The van der Waals surface area contributed by atoms with E-state index in [-0.39, 0.29) is 0 Å². The minimum absolute atomic E-state index is 0.397. The lowest BCUT2D eigenvalue weighted by atomic mass is 10.1. The topological polar surface area (TPSA) is 49.8 Å². The van der Waals surface area contributed by atoms with Crippen molar-refractivity contribution in [3.05, 3.63) is 46.6 Å². The monoisotopic (exact) mass is 318 g/mol. The molecule has 0 bridgehead atoms. The molecule has 1 unspecified atom stereocenters. The van der Waals surface area contributed by atoms with Gasteiger partial charge in [-0.05, 0) is 44.4 Å². The van der Waals surface area contributed by atoms with Gasteiger partial charge in [-0.15, -0.1) is 0 Å². The average Bonchev–Trinajstić information content (AvgIpc) is 2.46. The van der Waals surface area contributed by atoms with Crippen LogP contribution in [0.3, 0.4) is 0 Å². The summed E-state index contributed by atoms with van der Waals surface area (Å²) in [5.74, 6) is 1.53. The maximum absolute atomic E-state index is 5.99. The molecular formula is C17H23ClN4. The summed E-state index contributed by atoms with van der Waals surface area (Å²) in [7, 11) is 0. The predicted molar refractivity (Wildman–Crippen MR) is 93.8 cm³/mol. The Morgan fingerprint density at radius 2 is 2.05 bits per heavy atom. The SMILES string of the molecule is CCC(C)Nc1cc(C)nc(NCCc2cccc(Cl)c2)n1. The van der Waals surface area contributed by atoms with Crippen LogP contribution in [-0.2, 0) is 6.42 Å². The molecule has 0 saturated carbocycles. The second-order valence-corrected chi connectivity index (χ2v) is 5.91. The van der Waals surface area contributed by atoms with Crippen molar-refractivity contribution in [2.24, 2.45) is 0 Å². The Labute approximate surface area is 137 Å². The third-order valence-electron chi connectivity index (χ3n) is 3.45. The number of aromatic nitrogens is 2. The number of rotatable bonds is 7. The molecule has 118 valence electrons. The molecule has 0 radical (unpaired) electrons. The molecule has 0 amide bonds. The number of hydrogen-bond acceptors (Lipinski definition) is 4. The Kier molecular flexibility index (Phi) is 6.01.